The Morgan fingerprint density at radius 3 is 2.40 bits per heavy atom. The third kappa shape index (κ3) is 3.06. The first-order valence-corrected chi connectivity index (χ1v) is 7.53. The van der Waals surface area contributed by atoms with Crippen molar-refractivity contribution in [3.8, 4) is 0 Å². The number of rotatable bonds is 3. The summed E-state index contributed by atoms with van der Waals surface area (Å²) >= 11 is 0. The largest absolute Gasteiger partial charge is 0.480 e. The molecule has 2 aliphatic heterocycles. The number of hydrogen-bond donors (Lipinski definition) is 1. The van der Waals surface area contributed by atoms with E-state index >= 15 is 0 Å². The van der Waals surface area contributed by atoms with Crippen molar-refractivity contribution in [1.29, 1.82) is 0 Å². The maximum Gasteiger partial charge on any atom is 0.326 e. The van der Waals surface area contributed by atoms with Gasteiger partial charge in [-0.2, -0.15) is 0 Å². The van der Waals surface area contributed by atoms with E-state index in [9.17, 15) is 14.7 Å². The summed E-state index contributed by atoms with van der Waals surface area (Å²) in [7, 11) is 1.81. The van der Waals surface area contributed by atoms with Crippen LogP contribution in [0.2, 0.25) is 0 Å². The van der Waals surface area contributed by atoms with Crippen molar-refractivity contribution < 1.29 is 14.7 Å². The highest BCUT2D eigenvalue weighted by Gasteiger charge is 2.37. The van der Waals surface area contributed by atoms with Crippen LogP contribution >= 0.6 is 0 Å². The van der Waals surface area contributed by atoms with E-state index < -0.39 is 12.0 Å². The van der Waals surface area contributed by atoms with Crippen LogP contribution in [0.1, 0.15) is 32.6 Å². The van der Waals surface area contributed by atoms with Crippen molar-refractivity contribution >= 4 is 12.0 Å². The number of carboxylic acid groups (broad SMARTS) is 1. The number of carboxylic acids is 1. The Morgan fingerprint density at radius 2 is 1.85 bits per heavy atom. The summed E-state index contributed by atoms with van der Waals surface area (Å²) < 4.78 is 0. The molecular formula is C14H25N3O3. The van der Waals surface area contributed by atoms with Crippen LogP contribution in [0.4, 0.5) is 4.79 Å². The van der Waals surface area contributed by atoms with Gasteiger partial charge in [0.2, 0.25) is 0 Å². The second kappa shape index (κ2) is 6.43. The lowest BCUT2D eigenvalue weighted by Crippen LogP contribution is -2.52. The normalized spacial score (nSPS) is 24.9. The molecule has 6 nitrogen and oxygen atoms in total. The van der Waals surface area contributed by atoms with Crippen LogP contribution in [0.3, 0.4) is 0 Å². The van der Waals surface area contributed by atoms with Gasteiger partial charge in [0.25, 0.3) is 0 Å². The third-order valence-corrected chi connectivity index (χ3v) is 4.64. The Bertz CT molecular complexity index is 367. The van der Waals surface area contributed by atoms with E-state index in [2.05, 4.69) is 11.8 Å². The lowest BCUT2D eigenvalue weighted by molar-refractivity contribution is -0.141. The molecular weight excluding hydrogens is 258 g/mol. The number of urea groups is 1. The summed E-state index contributed by atoms with van der Waals surface area (Å²) in [5, 5.41) is 9.17. The molecule has 2 heterocycles. The molecule has 1 N–H and O–H groups in total. The van der Waals surface area contributed by atoms with Crippen LogP contribution in [0.15, 0.2) is 0 Å². The highest BCUT2D eigenvalue weighted by Crippen LogP contribution is 2.22. The molecule has 0 aliphatic carbocycles. The van der Waals surface area contributed by atoms with Crippen molar-refractivity contribution in [3.05, 3.63) is 0 Å². The summed E-state index contributed by atoms with van der Waals surface area (Å²) in [5.41, 5.74) is 0. The van der Waals surface area contributed by atoms with Gasteiger partial charge in [0.1, 0.15) is 6.04 Å². The third-order valence-electron chi connectivity index (χ3n) is 4.64. The van der Waals surface area contributed by atoms with E-state index in [1.807, 2.05) is 7.05 Å². The number of hydrogen-bond acceptors (Lipinski definition) is 3. The maximum atomic E-state index is 12.5. The fourth-order valence-corrected chi connectivity index (χ4v) is 3.23. The molecule has 0 unspecified atom stereocenters. The first kappa shape index (κ1) is 15.1. The summed E-state index contributed by atoms with van der Waals surface area (Å²) in [5.74, 6) is -0.884. The van der Waals surface area contributed by atoms with Crippen LogP contribution in [0.5, 0.6) is 0 Å². The van der Waals surface area contributed by atoms with Gasteiger partial charge in [0, 0.05) is 32.7 Å². The molecule has 0 radical (unpaired) electrons. The molecule has 2 aliphatic rings. The predicted molar refractivity (Wildman–Crippen MR) is 75.7 cm³/mol. The van der Waals surface area contributed by atoms with Crippen LogP contribution < -0.4 is 0 Å². The minimum Gasteiger partial charge on any atom is -0.480 e. The van der Waals surface area contributed by atoms with Gasteiger partial charge < -0.3 is 19.8 Å². The summed E-state index contributed by atoms with van der Waals surface area (Å²) in [4.78, 5) is 29.3. The van der Waals surface area contributed by atoms with Crippen LogP contribution in [0, 0.1) is 0 Å². The molecule has 20 heavy (non-hydrogen) atoms. The van der Waals surface area contributed by atoms with Gasteiger partial charge in [0.15, 0.2) is 0 Å². The molecule has 2 fully saturated rings. The second-order valence-electron chi connectivity index (χ2n) is 5.75. The number of likely N-dealkylation sites (tertiary alicyclic amines) is 2. The lowest BCUT2D eigenvalue weighted by Gasteiger charge is -2.38. The van der Waals surface area contributed by atoms with E-state index in [0.29, 0.717) is 13.0 Å². The molecule has 0 aromatic carbocycles. The Kier molecular flexibility index (Phi) is 4.86. The number of nitrogens with zero attached hydrogens (tertiary/aromatic N) is 3. The number of carbonyl (C=O) groups excluding carboxylic acids is 1. The number of amides is 2. The van der Waals surface area contributed by atoms with Crippen molar-refractivity contribution in [2.45, 2.75) is 44.7 Å². The molecule has 6 heteroatoms. The minimum absolute atomic E-state index is 0.121. The van der Waals surface area contributed by atoms with Crippen LogP contribution in [0.25, 0.3) is 0 Å². The van der Waals surface area contributed by atoms with E-state index in [4.69, 9.17) is 0 Å². The molecule has 0 aromatic heterocycles. The van der Waals surface area contributed by atoms with E-state index in [1.54, 1.807) is 4.90 Å². The first-order chi connectivity index (χ1) is 9.54. The van der Waals surface area contributed by atoms with Crippen molar-refractivity contribution in [1.82, 2.24) is 14.7 Å². The van der Waals surface area contributed by atoms with Gasteiger partial charge >= 0.3 is 12.0 Å². The minimum atomic E-state index is -0.884. The standard InChI is InChI=1S/C14H25N3O3/c1-3-16-9-6-11(7-10-16)15(2)14(20)17-8-4-5-12(17)13(18)19/h11-12H,3-10H2,1-2H3,(H,18,19)/t12-/m1/s1. The van der Waals surface area contributed by atoms with Gasteiger partial charge in [-0.3, -0.25) is 0 Å². The Morgan fingerprint density at radius 1 is 1.20 bits per heavy atom. The zero-order valence-electron chi connectivity index (χ0n) is 12.4. The molecule has 1 atom stereocenters. The summed E-state index contributed by atoms with van der Waals surface area (Å²) in [6, 6.07) is -0.522. The topological polar surface area (TPSA) is 64.1 Å². The van der Waals surface area contributed by atoms with Crippen LogP contribution in [-0.4, -0.2) is 77.1 Å². The number of aliphatic carboxylic acids is 1. The van der Waals surface area contributed by atoms with Crippen LogP contribution in [-0.2, 0) is 4.79 Å². The predicted octanol–water partition coefficient (Wildman–Crippen LogP) is 1.07. The first-order valence-electron chi connectivity index (χ1n) is 7.53. The maximum absolute atomic E-state index is 12.5. The Labute approximate surface area is 120 Å². The molecule has 2 amide bonds. The summed E-state index contributed by atoms with van der Waals surface area (Å²) in [6.45, 7) is 5.80. The van der Waals surface area contributed by atoms with E-state index in [-0.39, 0.29) is 12.1 Å². The molecule has 2 rings (SSSR count). The molecule has 0 spiro atoms. The van der Waals surface area contributed by atoms with Crippen molar-refractivity contribution in [2.24, 2.45) is 0 Å². The second-order valence-corrected chi connectivity index (χ2v) is 5.75. The van der Waals surface area contributed by atoms with Gasteiger partial charge in [0.05, 0.1) is 0 Å². The monoisotopic (exact) mass is 283 g/mol. The average Bonchev–Trinajstić information content (AvgIpc) is 2.95. The van der Waals surface area contributed by atoms with Crippen molar-refractivity contribution in [3.63, 3.8) is 0 Å². The quantitative estimate of drug-likeness (QED) is 0.841. The molecule has 114 valence electrons. The summed E-state index contributed by atoms with van der Waals surface area (Å²) in [6.07, 6.45) is 3.30. The fraction of sp³-hybridized carbons (Fsp3) is 0.857. The van der Waals surface area contributed by atoms with Gasteiger partial charge in [-0.25, -0.2) is 9.59 Å². The zero-order chi connectivity index (χ0) is 14.7. The molecule has 0 bridgehead atoms. The molecule has 0 saturated carbocycles. The number of piperidine rings is 1. The average molecular weight is 283 g/mol. The van der Waals surface area contributed by atoms with E-state index in [0.717, 1.165) is 38.9 Å². The van der Waals surface area contributed by atoms with Gasteiger partial charge in [-0.15, -0.1) is 0 Å². The Balaban J connectivity index is 1.93. The SMILES string of the molecule is CCN1CCC(N(C)C(=O)N2CCC[C@@H]2C(=O)O)CC1. The van der Waals surface area contributed by atoms with E-state index in [1.165, 1.54) is 4.90 Å². The van der Waals surface area contributed by atoms with Gasteiger partial charge in [-0.05, 0) is 32.2 Å². The highest BCUT2D eigenvalue weighted by atomic mass is 16.4. The molecule has 2 saturated heterocycles. The van der Waals surface area contributed by atoms with Crippen molar-refractivity contribution in [2.75, 3.05) is 33.2 Å². The Hall–Kier alpha value is -1.30. The fourth-order valence-electron chi connectivity index (χ4n) is 3.23. The molecule has 0 aromatic rings. The lowest BCUT2D eigenvalue weighted by atomic mass is 10.0. The number of carbonyl (C=O) groups is 2. The highest BCUT2D eigenvalue weighted by molar-refractivity contribution is 5.83. The smallest absolute Gasteiger partial charge is 0.326 e. The zero-order valence-corrected chi connectivity index (χ0v) is 12.4. The van der Waals surface area contributed by atoms with Gasteiger partial charge in [-0.1, -0.05) is 6.92 Å².